The highest BCUT2D eigenvalue weighted by Gasteiger charge is 1.53. The van der Waals surface area contributed by atoms with Crippen LogP contribution in [0.2, 0.25) is 0 Å². The van der Waals surface area contributed by atoms with E-state index < -0.39 is 0 Å². The van der Waals surface area contributed by atoms with Crippen LogP contribution < -0.4 is 0 Å². The zero-order chi connectivity index (χ0) is 7.58. The maximum absolute atomic E-state index is 7.86. The zero-order valence-corrected chi connectivity index (χ0v) is 5.65. The summed E-state index contributed by atoms with van der Waals surface area (Å²) in [5, 5.41) is 7.86. The quantitative estimate of drug-likeness (QED) is 0.332. The van der Waals surface area contributed by atoms with E-state index in [0.717, 1.165) is 0 Å². The molecule has 3 nitrogen and oxygen atoms in total. The monoisotopic (exact) mass is 118 g/mol. The molecule has 0 bridgehead atoms. The molecule has 0 aromatic rings. The van der Waals surface area contributed by atoms with Crippen LogP contribution in [0.3, 0.4) is 0 Å². The molecule has 0 aromatic heterocycles. The Bertz CT molecular complexity index is 41.7. The second-order valence-corrected chi connectivity index (χ2v) is 0.735. The van der Waals surface area contributed by atoms with Crippen molar-refractivity contribution in [1.82, 2.24) is 0 Å². The first-order valence-electron chi connectivity index (χ1n) is 2.33. The van der Waals surface area contributed by atoms with Crippen molar-refractivity contribution in [2.24, 2.45) is 0 Å². The Morgan fingerprint density at radius 2 is 1.38 bits per heavy atom. The fourth-order valence-electron chi connectivity index (χ4n) is 0. The minimum atomic E-state index is 0.167. The summed E-state index contributed by atoms with van der Waals surface area (Å²) >= 11 is 0. The van der Waals surface area contributed by atoms with Gasteiger partial charge in [0.1, 0.15) is 0 Å². The summed E-state index contributed by atoms with van der Waals surface area (Å²) < 4.78 is 0. The van der Waals surface area contributed by atoms with Crippen LogP contribution in [-0.2, 0) is 0 Å². The minimum absolute atomic E-state index is 0.167. The van der Waals surface area contributed by atoms with Gasteiger partial charge in [0.25, 0.3) is 0 Å². The number of rotatable bonds is 0. The van der Waals surface area contributed by atoms with Gasteiger partial charge in [-0.2, -0.15) is 0 Å². The molecule has 0 unspecified atom stereocenters. The van der Waals surface area contributed by atoms with E-state index >= 15 is 0 Å². The molecule has 0 heterocycles. The molecule has 0 rings (SSSR count). The molecule has 3 N–H and O–H groups in total. The first kappa shape index (κ1) is 15.7. The van der Waals surface area contributed by atoms with Gasteiger partial charge in [-0.3, -0.25) is 0 Å². The smallest absolute Gasteiger partial charge is 0.0820 e. The van der Waals surface area contributed by atoms with Gasteiger partial charge in [-0.1, -0.05) is 20.4 Å². The van der Waals surface area contributed by atoms with E-state index in [0.29, 0.717) is 0 Å². The van der Waals surface area contributed by atoms with E-state index in [1.165, 1.54) is 6.92 Å². The molecule has 0 saturated carbocycles. The third-order valence-corrected chi connectivity index (χ3v) is 0. The van der Waals surface area contributed by atoms with Gasteiger partial charge in [0, 0.05) is 0 Å². The van der Waals surface area contributed by atoms with Gasteiger partial charge in [-0.25, -0.2) is 11.1 Å². The normalized spacial score (nSPS) is 4.38. The molecule has 3 heteroatoms. The third-order valence-electron chi connectivity index (χ3n) is 0. The summed E-state index contributed by atoms with van der Waals surface area (Å²) in [5.41, 5.74) is 10.0. The molecule has 0 aromatic carbocycles. The van der Waals surface area contributed by atoms with Crippen LogP contribution in [0.25, 0.3) is 0 Å². The molecule has 0 saturated heterocycles. The van der Waals surface area contributed by atoms with Crippen LogP contribution in [0, 0.1) is 11.1 Å². The van der Waals surface area contributed by atoms with E-state index in [1.54, 1.807) is 0 Å². The minimum Gasteiger partial charge on any atom is -0.513 e. The second-order valence-electron chi connectivity index (χ2n) is 0.735. The van der Waals surface area contributed by atoms with Gasteiger partial charge in [-0.05, 0) is 6.92 Å². The Kier molecular flexibility index (Phi) is 69.5. The average Bonchev–Trinajstić information content (AvgIpc) is 1.75. The molecule has 0 aliphatic carbocycles. The first-order valence-corrected chi connectivity index (χ1v) is 2.33. The van der Waals surface area contributed by atoms with E-state index in [1.807, 2.05) is 13.8 Å². The maximum Gasteiger partial charge on any atom is 0.0820 e. The summed E-state index contributed by atoms with van der Waals surface area (Å²) in [6, 6.07) is 0. The van der Waals surface area contributed by atoms with Crippen LogP contribution in [0.15, 0.2) is 12.3 Å². The van der Waals surface area contributed by atoms with Crippen LogP contribution in [-0.4, -0.2) is 5.11 Å². The van der Waals surface area contributed by atoms with Crippen molar-refractivity contribution in [3.8, 4) is 0 Å². The highest BCUT2D eigenvalue weighted by atomic mass is 16.3. The Hall–Kier alpha value is -0.860. The Morgan fingerprint density at radius 3 is 1.38 bits per heavy atom. The topological polar surface area (TPSA) is 67.9 Å². The van der Waals surface area contributed by atoms with Gasteiger partial charge in [0.15, 0.2) is 0 Å². The van der Waals surface area contributed by atoms with Crippen molar-refractivity contribution in [3.05, 3.63) is 12.3 Å². The molecule has 0 atom stereocenters. The molecule has 0 aliphatic rings. The third kappa shape index (κ3) is 119. The number of nitrogens with one attached hydrogen (secondary N) is 2. The predicted octanol–water partition coefficient (Wildman–Crippen LogP) is 2.70. The molecule has 50 valence electrons. The Labute approximate surface area is 50.3 Å². The molecule has 0 aliphatic heterocycles. The molecule has 0 amide bonds. The lowest BCUT2D eigenvalue weighted by molar-refractivity contribution is 0.417. The number of hydrogen-bond acceptors (Lipinski definition) is 3. The van der Waals surface area contributed by atoms with Crippen molar-refractivity contribution in [3.63, 3.8) is 0 Å². The molecule has 8 heavy (non-hydrogen) atoms. The highest BCUT2D eigenvalue weighted by Crippen LogP contribution is 1.66. The van der Waals surface area contributed by atoms with Crippen molar-refractivity contribution in [2.45, 2.75) is 20.8 Å². The van der Waals surface area contributed by atoms with Crippen molar-refractivity contribution in [2.75, 3.05) is 0 Å². The molecular weight excluding hydrogens is 104 g/mol. The van der Waals surface area contributed by atoms with Crippen LogP contribution in [0.4, 0.5) is 0 Å². The maximum atomic E-state index is 7.86. The zero-order valence-electron chi connectivity index (χ0n) is 5.65. The average molecular weight is 118 g/mol. The first-order chi connectivity index (χ1) is 3.73. The van der Waals surface area contributed by atoms with Gasteiger partial charge < -0.3 is 5.11 Å². The number of hydrogen-bond donors (Lipinski definition) is 3. The van der Waals surface area contributed by atoms with Gasteiger partial charge in [0.05, 0.1) is 5.76 Å². The van der Waals surface area contributed by atoms with Crippen LogP contribution in [0.1, 0.15) is 20.8 Å². The molecule has 0 fully saturated rings. The summed E-state index contributed by atoms with van der Waals surface area (Å²) in [4.78, 5) is 0. The predicted molar refractivity (Wildman–Crippen MR) is 34.2 cm³/mol. The standard InChI is InChI=1S/C3H6O.C2H6.H2N2/c1-3(2)4;2*1-2/h4H,1H2,2H3;1-2H3;1-2H. The van der Waals surface area contributed by atoms with E-state index in [-0.39, 0.29) is 5.76 Å². The van der Waals surface area contributed by atoms with E-state index in [4.69, 9.17) is 16.2 Å². The summed E-state index contributed by atoms with van der Waals surface area (Å²) in [5.74, 6) is 0.167. The summed E-state index contributed by atoms with van der Waals surface area (Å²) in [6.07, 6.45) is 0. The number of allylic oxidation sites excluding steroid dienone is 1. The SMILES string of the molecule is C=C(C)O.CC.N=N. The van der Waals surface area contributed by atoms with Crippen molar-refractivity contribution < 1.29 is 5.11 Å². The van der Waals surface area contributed by atoms with E-state index in [2.05, 4.69) is 6.58 Å². The molecular formula is C5H14N2O. The highest BCUT2D eigenvalue weighted by molar-refractivity contribution is 4.67. The number of aliphatic hydroxyl groups excluding tert-OH is 1. The van der Waals surface area contributed by atoms with Gasteiger partial charge in [-0.15, -0.1) is 0 Å². The fraction of sp³-hybridized carbons (Fsp3) is 0.600. The largest absolute Gasteiger partial charge is 0.513 e. The van der Waals surface area contributed by atoms with Crippen molar-refractivity contribution in [1.29, 1.82) is 11.1 Å². The lowest BCUT2D eigenvalue weighted by atomic mass is 10.7. The summed E-state index contributed by atoms with van der Waals surface area (Å²) in [7, 11) is 0. The Balaban J connectivity index is -0.0000000542. The Morgan fingerprint density at radius 1 is 1.38 bits per heavy atom. The molecule has 0 spiro atoms. The van der Waals surface area contributed by atoms with E-state index in [9.17, 15) is 0 Å². The van der Waals surface area contributed by atoms with Gasteiger partial charge in [0.2, 0.25) is 0 Å². The summed E-state index contributed by atoms with van der Waals surface area (Å²) in [6.45, 7) is 8.64. The van der Waals surface area contributed by atoms with Gasteiger partial charge >= 0.3 is 0 Å². The number of aliphatic hydroxyl groups is 1. The van der Waals surface area contributed by atoms with Crippen molar-refractivity contribution >= 4 is 0 Å². The fourth-order valence-corrected chi connectivity index (χ4v) is 0. The lowest BCUT2D eigenvalue weighted by Gasteiger charge is -1.68. The van der Waals surface area contributed by atoms with Crippen LogP contribution in [0.5, 0.6) is 0 Å². The molecule has 0 radical (unpaired) electrons. The lowest BCUT2D eigenvalue weighted by Crippen LogP contribution is -1.54. The van der Waals surface area contributed by atoms with Crippen LogP contribution >= 0.6 is 0 Å². The second kappa shape index (κ2) is 35.4.